The van der Waals surface area contributed by atoms with Gasteiger partial charge in [0, 0.05) is 13.2 Å². The van der Waals surface area contributed by atoms with Crippen molar-refractivity contribution in [3.05, 3.63) is 0 Å². The monoisotopic (exact) mass is 348 g/mol. The first kappa shape index (κ1) is 26.1. The van der Waals surface area contributed by atoms with Crippen LogP contribution < -0.4 is 0 Å². The molecule has 4 heteroatoms. The predicted molar refractivity (Wildman–Crippen MR) is 102 cm³/mol. The van der Waals surface area contributed by atoms with E-state index in [-0.39, 0.29) is 13.2 Å². The quantitative estimate of drug-likeness (QED) is 0.405. The lowest BCUT2D eigenvalue weighted by atomic mass is 9.99. The zero-order valence-electron chi connectivity index (χ0n) is 16.8. The van der Waals surface area contributed by atoms with E-state index >= 15 is 0 Å². The van der Waals surface area contributed by atoms with Gasteiger partial charge in [0.15, 0.2) is 0 Å². The standard InChI is InChI=1S/C16H34O.C4H10O3/c1-5-9-11-15(7-3)13-17-14-16(8-4)12-10-6-2;5-1-3-7-4-2-6/h15-16H,5-14H2,1-4H3;5-6H,1-4H2. The van der Waals surface area contributed by atoms with Crippen LogP contribution in [0.3, 0.4) is 0 Å². The van der Waals surface area contributed by atoms with E-state index in [0.29, 0.717) is 13.2 Å². The lowest BCUT2D eigenvalue weighted by molar-refractivity contribution is 0.0630. The van der Waals surface area contributed by atoms with Gasteiger partial charge in [0.05, 0.1) is 26.4 Å². The van der Waals surface area contributed by atoms with Gasteiger partial charge in [0.2, 0.25) is 0 Å². The highest BCUT2D eigenvalue weighted by Gasteiger charge is 2.09. The predicted octanol–water partition coefficient (Wildman–Crippen LogP) is 4.42. The normalized spacial score (nSPS) is 13.2. The molecule has 2 atom stereocenters. The van der Waals surface area contributed by atoms with Gasteiger partial charge in [-0.05, 0) is 24.7 Å². The summed E-state index contributed by atoms with van der Waals surface area (Å²) in [4.78, 5) is 0. The number of ether oxygens (including phenoxy) is 2. The molecule has 0 aromatic rings. The summed E-state index contributed by atoms with van der Waals surface area (Å²) < 4.78 is 10.6. The molecule has 0 fully saturated rings. The first-order chi connectivity index (χ1) is 11.7. The smallest absolute Gasteiger partial charge is 0.0698 e. The SMILES string of the molecule is CCCCC(CC)COCC(CC)CCCC.OCCOCCO. The lowest BCUT2D eigenvalue weighted by Gasteiger charge is -2.18. The van der Waals surface area contributed by atoms with Crippen molar-refractivity contribution >= 4 is 0 Å². The topological polar surface area (TPSA) is 58.9 Å². The van der Waals surface area contributed by atoms with E-state index in [0.717, 1.165) is 25.0 Å². The number of hydrogen-bond acceptors (Lipinski definition) is 4. The molecule has 0 saturated heterocycles. The van der Waals surface area contributed by atoms with E-state index in [9.17, 15) is 0 Å². The Bertz CT molecular complexity index is 192. The summed E-state index contributed by atoms with van der Waals surface area (Å²) in [5.74, 6) is 1.58. The van der Waals surface area contributed by atoms with Crippen molar-refractivity contribution in [2.24, 2.45) is 11.8 Å². The van der Waals surface area contributed by atoms with Crippen molar-refractivity contribution in [1.82, 2.24) is 0 Å². The van der Waals surface area contributed by atoms with E-state index in [4.69, 9.17) is 14.9 Å². The van der Waals surface area contributed by atoms with E-state index in [1.807, 2.05) is 0 Å². The molecule has 0 aliphatic rings. The van der Waals surface area contributed by atoms with Crippen LogP contribution >= 0.6 is 0 Å². The second kappa shape index (κ2) is 22.8. The average molecular weight is 349 g/mol. The lowest BCUT2D eigenvalue weighted by Crippen LogP contribution is -2.14. The second-order valence-corrected chi connectivity index (χ2v) is 6.43. The van der Waals surface area contributed by atoms with Crippen molar-refractivity contribution in [3.8, 4) is 0 Å². The first-order valence-corrected chi connectivity index (χ1v) is 10.1. The molecule has 0 aliphatic carbocycles. The van der Waals surface area contributed by atoms with Crippen LogP contribution in [0.2, 0.25) is 0 Å². The molecule has 148 valence electrons. The van der Waals surface area contributed by atoms with Gasteiger partial charge in [-0.2, -0.15) is 0 Å². The zero-order valence-corrected chi connectivity index (χ0v) is 16.8. The van der Waals surface area contributed by atoms with Gasteiger partial charge in [-0.3, -0.25) is 0 Å². The molecule has 0 rings (SSSR count). The molecule has 0 bridgehead atoms. The third kappa shape index (κ3) is 19.9. The van der Waals surface area contributed by atoms with Crippen LogP contribution in [0.15, 0.2) is 0 Å². The number of aliphatic hydroxyl groups is 2. The summed E-state index contributed by atoms with van der Waals surface area (Å²) in [6, 6.07) is 0. The van der Waals surface area contributed by atoms with Crippen LogP contribution in [0.4, 0.5) is 0 Å². The third-order valence-electron chi connectivity index (χ3n) is 4.26. The Morgan fingerprint density at radius 3 is 1.38 bits per heavy atom. The maximum atomic E-state index is 8.09. The molecular weight excluding hydrogens is 304 g/mol. The molecule has 4 nitrogen and oxygen atoms in total. The summed E-state index contributed by atoms with van der Waals surface area (Å²) in [7, 11) is 0. The van der Waals surface area contributed by atoms with Gasteiger partial charge in [0.1, 0.15) is 0 Å². The Hall–Kier alpha value is -0.160. The molecular formula is C20H44O4. The van der Waals surface area contributed by atoms with Gasteiger partial charge in [-0.25, -0.2) is 0 Å². The van der Waals surface area contributed by atoms with E-state index in [1.54, 1.807) is 0 Å². The summed E-state index contributed by atoms with van der Waals surface area (Å²) >= 11 is 0. The fourth-order valence-corrected chi connectivity index (χ4v) is 2.43. The Morgan fingerprint density at radius 2 is 1.08 bits per heavy atom. The molecule has 0 radical (unpaired) electrons. The zero-order chi connectivity index (χ0) is 18.5. The van der Waals surface area contributed by atoms with E-state index in [2.05, 4.69) is 32.4 Å². The molecule has 2 N–H and O–H groups in total. The average Bonchev–Trinajstić information content (AvgIpc) is 2.61. The Morgan fingerprint density at radius 1 is 0.667 bits per heavy atom. The van der Waals surface area contributed by atoms with Crippen LogP contribution in [-0.4, -0.2) is 49.9 Å². The van der Waals surface area contributed by atoms with Crippen LogP contribution in [-0.2, 0) is 9.47 Å². The minimum absolute atomic E-state index is 0.0278. The second-order valence-electron chi connectivity index (χ2n) is 6.43. The van der Waals surface area contributed by atoms with Gasteiger partial charge in [-0.1, -0.05) is 66.2 Å². The first-order valence-electron chi connectivity index (χ1n) is 10.1. The van der Waals surface area contributed by atoms with Crippen molar-refractivity contribution < 1.29 is 19.7 Å². The Labute approximate surface area is 150 Å². The van der Waals surface area contributed by atoms with Crippen LogP contribution in [0.5, 0.6) is 0 Å². The minimum atomic E-state index is 0.0278. The maximum absolute atomic E-state index is 8.09. The fourth-order valence-electron chi connectivity index (χ4n) is 2.43. The molecule has 2 unspecified atom stereocenters. The molecule has 0 spiro atoms. The highest BCUT2D eigenvalue weighted by atomic mass is 16.5. The summed E-state index contributed by atoms with van der Waals surface area (Å²) in [5, 5.41) is 16.2. The number of unbranched alkanes of at least 4 members (excludes halogenated alkanes) is 2. The molecule has 0 saturated carbocycles. The summed E-state index contributed by atoms with van der Waals surface area (Å²) in [5.41, 5.74) is 0. The van der Waals surface area contributed by atoms with Gasteiger partial charge in [0.25, 0.3) is 0 Å². The number of aliphatic hydroxyl groups excluding tert-OH is 2. The Kier molecular flexibility index (Phi) is 24.8. The molecule has 0 aliphatic heterocycles. The van der Waals surface area contributed by atoms with Crippen LogP contribution in [0.1, 0.15) is 79.1 Å². The van der Waals surface area contributed by atoms with Crippen LogP contribution in [0, 0.1) is 11.8 Å². The number of rotatable bonds is 16. The molecule has 0 aromatic heterocycles. The van der Waals surface area contributed by atoms with Crippen molar-refractivity contribution in [2.45, 2.75) is 79.1 Å². The largest absolute Gasteiger partial charge is 0.394 e. The summed E-state index contributed by atoms with van der Waals surface area (Å²) in [6.07, 6.45) is 10.6. The third-order valence-corrected chi connectivity index (χ3v) is 4.26. The highest BCUT2D eigenvalue weighted by Crippen LogP contribution is 2.16. The van der Waals surface area contributed by atoms with Crippen LogP contribution in [0.25, 0.3) is 0 Å². The Balaban J connectivity index is 0. The molecule has 0 aromatic carbocycles. The summed E-state index contributed by atoms with van der Waals surface area (Å²) in [6.45, 7) is 11.8. The van der Waals surface area contributed by atoms with Crippen molar-refractivity contribution in [3.63, 3.8) is 0 Å². The van der Waals surface area contributed by atoms with Gasteiger partial charge >= 0.3 is 0 Å². The highest BCUT2D eigenvalue weighted by molar-refractivity contribution is 4.59. The van der Waals surface area contributed by atoms with Crippen molar-refractivity contribution in [2.75, 3.05) is 39.6 Å². The maximum Gasteiger partial charge on any atom is 0.0698 e. The molecule has 0 amide bonds. The van der Waals surface area contributed by atoms with Gasteiger partial charge < -0.3 is 19.7 Å². The van der Waals surface area contributed by atoms with Gasteiger partial charge in [-0.15, -0.1) is 0 Å². The van der Waals surface area contributed by atoms with E-state index in [1.165, 1.54) is 51.4 Å². The molecule has 0 heterocycles. The number of hydrogen-bond donors (Lipinski definition) is 2. The molecule has 24 heavy (non-hydrogen) atoms. The minimum Gasteiger partial charge on any atom is -0.394 e. The van der Waals surface area contributed by atoms with E-state index < -0.39 is 0 Å². The fraction of sp³-hybridized carbons (Fsp3) is 1.00. The van der Waals surface area contributed by atoms with Crippen molar-refractivity contribution in [1.29, 1.82) is 0 Å².